The second-order valence-electron chi connectivity index (χ2n) is 5.73. The zero-order chi connectivity index (χ0) is 15.2. The van der Waals surface area contributed by atoms with Crippen LogP contribution in [-0.2, 0) is 6.54 Å². The highest BCUT2D eigenvalue weighted by Crippen LogP contribution is 2.28. The average molecular weight is 282 g/mol. The molecule has 0 aliphatic carbocycles. The average Bonchev–Trinajstić information content (AvgIpc) is 2.49. The lowest BCUT2D eigenvalue weighted by molar-refractivity contribution is 0.589. The number of hydrogen-bond donors (Lipinski definition) is 1. The summed E-state index contributed by atoms with van der Waals surface area (Å²) in [4.78, 5) is 2.36. The lowest BCUT2D eigenvalue weighted by Crippen LogP contribution is -2.22. The minimum absolute atomic E-state index is 0.517. The number of nitrogens with one attached hydrogen (secondary N) is 1. The molecule has 0 saturated heterocycles. The molecular weight excluding hydrogens is 256 g/mol. The molecule has 0 unspecified atom stereocenters. The Morgan fingerprint density at radius 2 is 1.67 bits per heavy atom. The molecule has 2 aromatic carbocycles. The van der Waals surface area contributed by atoms with Crippen LogP contribution in [0.15, 0.2) is 48.5 Å². The topological polar surface area (TPSA) is 15.3 Å². The van der Waals surface area contributed by atoms with E-state index in [1.165, 1.54) is 22.5 Å². The van der Waals surface area contributed by atoms with Gasteiger partial charge in [0.1, 0.15) is 0 Å². The first-order valence-corrected chi connectivity index (χ1v) is 7.77. The van der Waals surface area contributed by atoms with Gasteiger partial charge in [-0.3, -0.25) is 0 Å². The van der Waals surface area contributed by atoms with Gasteiger partial charge in [-0.2, -0.15) is 0 Å². The number of para-hydroxylation sites is 1. The van der Waals surface area contributed by atoms with E-state index in [0.717, 1.165) is 13.1 Å². The predicted octanol–water partition coefficient (Wildman–Crippen LogP) is 4.65. The molecule has 0 radical (unpaired) electrons. The summed E-state index contributed by atoms with van der Waals surface area (Å²) >= 11 is 0. The molecule has 112 valence electrons. The van der Waals surface area contributed by atoms with Crippen LogP contribution in [0.3, 0.4) is 0 Å². The van der Waals surface area contributed by atoms with Crippen LogP contribution in [0.2, 0.25) is 0 Å². The van der Waals surface area contributed by atoms with Gasteiger partial charge in [-0.15, -0.1) is 0 Å². The predicted molar refractivity (Wildman–Crippen MR) is 92.3 cm³/mol. The van der Waals surface area contributed by atoms with Gasteiger partial charge in [0.15, 0.2) is 0 Å². The Balaban J connectivity index is 2.18. The SMILES string of the molecule is CCN(c1ccc(CNC(C)C)cc1)c1ccccc1C. The molecule has 0 atom stereocenters. The van der Waals surface area contributed by atoms with Crippen LogP contribution < -0.4 is 10.2 Å². The third kappa shape index (κ3) is 4.08. The summed E-state index contributed by atoms with van der Waals surface area (Å²) < 4.78 is 0. The van der Waals surface area contributed by atoms with Gasteiger partial charge in [0.2, 0.25) is 0 Å². The Labute approximate surface area is 128 Å². The maximum absolute atomic E-state index is 3.45. The molecule has 0 aromatic heterocycles. The van der Waals surface area contributed by atoms with Gasteiger partial charge in [-0.1, -0.05) is 44.2 Å². The molecule has 2 aromatic rings. The van der Waals surface area contributed by atoms with Crippen molar-refractivity contribution in [3.63, 3.8) is 0 Å². The van der Waals surface area contributed by atoms with Gasteiger partial charge < -0.3 is 10.2 Å². The first-order valence-electron chi connectivity index (χ1n) is 7.77. The van der Waals surface area contributed by atoms with Gasteiger partial charge in [-0.25, -0.2) is 0 Å². The van der Waals surface area contributed by atoms with E-state index in [2.05, 4.69) is 86.4 Å². The summed E-state index contributed by atoms with van der Waals surface area (Å²) in [5.74, 6) is 0. The van der Waals surface area contributed by atoms with E-state index in [1.54, 1.807) is 0 Å². The normalized spacial score (nSPS) is 10.9. The monoisotopic (exact) mass is 282 g/mol. The van der Waals surface area contributed by atoms with E-state index in [1.807, 2.05) is 0 Å². The standard InChI is InChI=1S/C19H26N2/c1-5-21(19-9-7-6-8-16(19)4)18-12-10-17(11-13-18)14-20-15(2)3/h6-13,15,20H,5,14H2,1-4H3. The smallest absolute Gasteiger partial charge is 0.0440 e. The lowest BCUT2D eigenvalue weighted by Gasteiger charge is -2.25. The molecule has 0 spiro atoms. The maximum Gasteiger partial charge on any atom is 0.0440 e. The van der Waals surface area contributed by atoms with Crippen molar-refractivity contribution in [2.45, 2.75) is 40.3 Å². The molecular formula is C19H26N2. The fraction of sp³-hybridized carbons (Fsp3) is 0.368. The van der Waals surface area contributed by atoms with E-state index in [4.69, 9.17) is 0 Å². The van der Waals surface area contributed by atoms with Gasteiger partial charge in [0.25, 0.3) is 0 Å². The van der Waals surface area contributed by atoms with E-state index >= 15 is 0 Å². The Bertz CT molecular complexity index is 558. The van der Waals surface area contributed by atoms with Gasteiger partial charge in [0.05, 0.1) is 0 Å². The summed E-state index contributed by atoms with van der Waals surface area (Å²) in [6.07, 6.45) is 0. The number of nitrogens with zero attached hydrogens (tertiary/aromatic N) is 1. The Hall–Kier alpha value is -1.80. The quantitative estimate of drug-likeness (QED) is 0.829. The Morgan fingerprint density at radius 3 is 2.24 bits per heavy atom. The highest BCUT2D eigenvalue weighted by Gasteiger charge is 2.09. The second-order valence-corrected chi connectivity index (χ2v) is 5.73. The molecule has 0 heterocycles. The fourth-order valence-electron chi connectivity index (χ4n) is 2.47. The summed E-state index contributed by atoms with van der Waals surface area (Å²) in [5.41, 5.74) is 5.17. The van der Waals surface area contributed by atoms with Crippen molar-refractivity contribution >= 4 is 11.4 Å². The summed E-state index contributed by atoms with van der Waals surface area (Å²) in [7, 11) is 0. The lowest BCUT2D eigenvalue weighted by atomic mass is 10.1. The van der Waals surface area contributed by atoms with Crippen LogP contribution in [0, 0.1) is 6.92 Å². The molecule has 1 N–H and O–H groups in total. The molecule has 0 aliphatic rings. The van der Waals surface area contributed by atoms with Crippen molar-refractivity contribution in [3.8, 4) is 0 Å². The first kappa shape index (κ1) is 15.6. The van der Waals surface area contributed by atoms with Crippen molar-refractivity contribution in [2.24, 2.45) is 0 Å². The molecule has 21 heavy (non-hydrogen) atoms. The van der Waals surface area contributed by atoms with Crippen LogP contribution in [0.4, 0.5) is 11.4 Å². The molecule has 2 rings (SSSR count). The van der Waals surface area contributed by atoms with E-state index in [-0.39, 0.29) is 0 Å². The summed E-state index contributed by atoms with van der Waals surface area (Å²) in [6.45, 7) is 10.6. The maximum atomic E-state index is 3.45. The zero-order valence-electron chi connectivity index (χ0n) is 13.6. The number of hydrogen-bond acceptors (Lipinski definition) is 2. The van der Waals surface area contributed by atoms with Crippen LogP contribution in [0.5, 0.6) is 0 Å². The van der Waals surface area contributed by atoms with E-state index < -0.39 is 0 Å². The van der Waals surface area contributed by atoms with Gasteiger partial charge in [-0.05, 0) is 43.2 Å². The van der Waals surface area contributed by atoms with E-state index in [9.17, 15) is 0 Å². The second kappa shape index (κ2) is 7.28. The first-order chi connectivity index (χ1) is 10.1. The molecule has 2 heteroatoms. The number of anilines is 2. The third-order valence-corrected chi connectivity index (χ3v) is 3.68. The molecule has 0 amide bonds. The number of aryl methyl sites for hydroxylation is 1. The Kier molecular flexibility index (Phi) is 5.40. The van der Waals surface area contributed by atoms with Crippen LogP contribution in [0.25, 0.3) is 0 Å². The molecule has 0 bridgehead atoms. The molecule has 0 aliphatic heterocycles. The number of rotatable bonds is 6. The van der Waals surface area contributed by atoms with Gasteiger partial charge >= 0.3 is 0 Å². The van der Waals surface area contributed by atoms with Crippen molar-refractivity contribution in [3.05, 3.63) is 59.7 Å². The highest BCUT2D eigenvalue weighted by atomic mass is 15.1. The minimum Gasteiger partial charge on any atom is -0.342 e. The third-order valence-electron chi connectivity index (χ3n) is 3.68. The van der Waals surface area contributed by atoms with Gasteiger partial charge in [0, 0.05) is 30.5 Å². The summed E-state index contributed by atoms with van der Waals surface area (Å²) in [5, 5.41) is 3.45. The van der Waals surface area contributed by atoms with Crippen LogP contribution in [-0.4, -0.2) is 12.6 Å². The highest BCUT2D eigenvalue weighted by molar-refractivity contribution is 5.66. The van der Waals surface area contributed by atoms with Crippen molar-refractivity contribution in [1.82, 2.24) is 5.32 Å². The summed E-state index contributed by atoms with van der Waals surface area (Å²) in [6, 6.07) is 17.9. The van der Waals surface area contributed by atoms with Crippen molar-refractivity contribution < 1.29 is 0 Å². The Morgan fingerprint density at radius 1 is 1.00 bits per heavy atom. The van der Waals surface area contributed by atoms with E-state index in [0.29, 0.717) is 6.04 Å². The zero-order valence-corrected chi connectivity index (χ0v) is 13.6. The largest absolute Gasteiger partial charge is 0.342 e. The van der Waals surface area contributed by atoms with Crippen LogP contribution >= 0.6 is 0 Å². The fourth-order valence-corrected chi connectivity index (χ4v) is 2.47. The van der Waals surface area contributed by atoms with Crippen molar-refractivity contribution in [2.75, 3.05) is 11.4 Å². The van der Waals surface area contributed by atoms with Crippen LogP contribution in [0.1, 0.15) is 31.9 Å². The number of benzene rings is 2. The molecule has 0 saturated carbocycles. The van der Waals surface area contributed by atoms with Crippen molar-refractivity contribution in [1.29, 1.82) is 0 Å². The minimum atomic E-state index is 0.517. The molecule has 2 nitrogen and oxygen atoms in total. The molecule has 0 fully saturated rings.